The summed E-state index contributed by atoms with van der Waals surface area (Å²) in [5.74, 6) is 0. The maximum atomic E-state index is 9.71. The first kappa shape index (κ1) is 10.4. The summed E-state index contributed by atoms with van der Waals surface area (Å²) in [4.78, 5) is 8.03. The van der Waals surface area contributed by atoms with E-state index in [1.165, 1.54) is 6.08 Å². The van der Waals surface area contributed by atoms with Gasteiger partial charge < -0.3 is 4.89 Å². The quantitative estimate of drug-likeness (QED) is 0.367. The van der Waals surface area contributed by atoms with Gasteiger partial charge in [0.15, 0.2) is 8.03 Å². The van der Waals surface area contributed by atoms with E-state index >= 15 is 0 Å². The summed E-state index contributed by atoms with van der Waals surface area (Å²) in [6, 6.07) is 0. The van der Waals surface area contributed by atoms with Gasteiger partial charge in [-0.3, -0.25) is 4.57 Å². The Morgan fingerprint density at radius 3 is 2.29 bits per heavy atom. The Balaban J connectivity index is 0. The number of allylic oxidation sites excluding steroid dienone is 1. The second kappa shape index (κ2) is 6.45. The molecule has 0 aromatic heterocycles. The van der Waals surface area contributed by atoms with Gasteiger partial charge in [0.2, 0.25) is 0 Å². The molecule has 0 aliphatic rings. The molecule has 44 valence electrons. The molecule has 0 aromatic carbocycles. The third-order valence-corrected chi connectivity index (χ3v) is 0.957. The Morgan fingerprint density at radius 1 is 1.86 bits per heavy atom. The second-order valence-electron chi connectivity index (χ2n) is 0.887. The van der Waals surface area contributed by atoms with E-state index in [2.05, 4.69) is 6.58 Å². The molecule has 0 bridgehead atoms. The third-order valence-electron chi connectivity index (χ3n) is 0.319. The van der Waals surface area contributed by atoms with Crippen LogP contribution in [-0.2, 0) is 21.6 Å². The van der Waals surface area contributed by atoms with E-state index in [9.17, 15) is 4.57 Å². The Morgan fingerprint density at radius 2 is 2.29 bits per heavy atom. The molecule has 0 heterocycles. The monoisotopic (exact) mass is 162 g/mol. The van der Waals surface area contributed by atoms with Gasteiger partial charge in [-0.25, -0.2) is 0 Å². The molecule has 1 N–H and O–H groups in total. The molecule has 0 fully saturated rings. The molecule has 0 aliphatic carbocycles. The summed E-state index contributed by atoms with van der Waals surface area (Å²) in [7, 11) is -2.25. The second-order valence-corrected chi connectivity index (χ2v) is 2.08. The van der Waals surface area contributed by atoms with E-state index in [4.69, 9.17) is 4.89 Å². The van der Waals surface area contributed by atoms with Gasteiger partial charge in [0, 0.05) is 23.2 Å². The van der Waals surface area contributed by atoms with Crippen LogP contribution >= 0.6 is 8.03 Å². The van der Waals surface area contributed by atoms with E-state index in [0.717, 1.165) is 0 Å². The first-order valence-corrected chi connectivity index (χ1v) is 3.16. The van der Waals surface area contributed by atoms with Crippen molar-refractivity contribution in [3.8, 4) is 0 Å². The maximum absolute atomic E-state index is 9.71. The fraction of sp³-hybridized carbons (Fsp3) is 0.333. The summed E-state index contributed by atoms with van der Waals surface area (Å²) in [6.45, 7) is 3.27. The van der Waals surface area contributed by atoms with E-state index in [1.807, 2.05) is 0 Å². The Hall–Kier alpha value is 0.449. The normalized spacial score (nSPS) is 11.6. The molecule has 4 heteroatoms. The largest absolute Gasteiger partial charge is 0.346 e. The molecule has 2 nitrogen and oxygen atoms in total. The van der Waals surface area contributed by atoms with Gasteiger partial charge >= 0.3 is 0 Å². The Labute approximate surface area is 54.0 Å². The molecule has 0 saturated carbocycles. The summed E-state index contributed by atoms with van der Waals surface area (Å²) in [6.07, 6.45) is 1.67. The fourth-order valence-electron chi connectivity index (χ4n) is 0.123. The molecule has 0 radical (unpaired) electrons. The van der Waals surface area contributed by atoms with Crippen LogP contribution in [0.4, 0.5) is 0 Å². The fourth-order valence-corrected chi connectivity index (χ4v) is 0.370. The van der Waals surface area contributed by atoms with Gasteiger partial charge in [-0.05, 0) is 0 Å². The Bertz CT molecular complexity index is 73.3. The number of hydrogen-bond donors (Lipinski definition) is 1. The molecule has 0 spiro atoms. The zero-order chi connectivity index (χ0) is 4.99. The van der Waals surface area contributed by atoms with Gasteiger partial charge in [-0.1, -0.05) is 6.08 Å². The predicted molar refractivity (Wildman–Crippen MR) is 26.3 cm³/mol. The van der Waals surface area contributed by atoms with E-state index in [1.54, 1.807) is 0 Å². The van der Waals surface area contributed by atoms with Crippen molar-refractivity contribution in [1.29, 1.82) is 0 Å². The van der Waals surface area contributed by atoms with Crippen LogP contribution in [0.3, 0.4) is 0 Å². The van der Waals surface area contributed by atoms with Gasteiger partial charge in [0.1, 0.15) is 0 Å². The van der Waals surface area contributed by atoms with Crippen molar-refractivity contribution >= 4 is 8.03 Å². The van der Waals surface area contributed by atoms with Crippen LogP contribution in [0.2, 0.25) is 0 Å². The van der Waals surface area contributed by atoms with Crippen molar-refractivity contribution in [2.45, 2.75) is 0 Å². The van der Waals surface area contributed by atoms with Crippen molar-refractivity contribution in [3.05, 3.63) is 12.7 Å². The minimum Gasteiger partial charge on any atom is -0.346 e. The molecule has 0 aromatic rings. The third kappa shape index (κ3) is 10.7. The minimum atomic E-state index is -2.25. The van der Waals surface area contributed by atoms with Gasteiger partial charge in [-0.15, -0.1) is 6.58 Å². The molecular formula is C3H7FeO2P. The van der Waals surface area contributed by atoms with Crippen LogP contribution in [0.1, 0.15) is 0 Å². The van der Waals surface area contributed by atoms with Crippen molar-refractivity contribution in [3.63, 3.8) is 0 Å². The molecule has 0 saturated heterocycles. The predicted octanol–water partition coefficient (Wildman–Crippen LogP) is 0.637. The van der Waals surface area contributed by atoms with Crippen LogP contribution in [0.5, 0.6) is 0 Å². The van der Waals surface area contributed by atoms with Crippen LogP contribution in [0.15, 0.2) is 12.7 Å². The minimum absolute atomic E-state index is 0. The molecule has 1 unspecified atom stereocenters. The van der Waals surface area contributed by atoms with Crippen molar-refractivity contribution in [2.75, 3.05) is 6.16 Å². The SMILES string of the molecule is C=CC[PH](=O)O.[Fe]. The van der Waals surface area contributed by atoms with E-state index < -0.39 is 8.03 Å². The maximum Gasteiger partial charge on any atom is 0.192 e. The average Bonchev–Trinajstić information content (AvgIpc) is 1.35. The summed E-state index contributed by atoms with van der Waals surface area (Å²) < 4.78 is 9.71. The van der Waals surface area contributed by atoms with Gasteiger partial charge in [0.25, 0.3) is 0 Å². The molecule has 1 atom stereocenters. The van der Waals surface area contributed by atoms with Crippen LogP contribution in [-0.4, -0.2) is 11.1 Å². The summed E-state index contributed by atoms with van der Waals surface area (Å²) in [5.41, 5.74) is 0. The standard InChI is InChI=1S/C3H7O2P.Fe/c1-2-3-6(4)5;/h2,6H,1,3H2,(H,4,5);. The summed E-state index contributed by atoms with van der Waals surface area (Å²) >= 11 is 0. The zero-order valence-electron chi connectivity index (χ0n) is 3.70. The zero-order valence-corrected chi connectivity index (χ0v) is 5.80. The van der Waals surface area contributed by atoms with Crippen LogP contribution in [0.25, 0.3) is 0 Å². The average molecular weight is 162 g/mol. The van der Waals surface area contributed by atoms with E-state index in [0.29, 0.717) is 0 Å². The van der Waals surface area contributed by atoms with Crippen molar-refractivity contribution in [1.82, 2.24) is 0 Å². The molecule has 0 aliphatic heterocycles. The van der Waals surface area contributed by atoms with Crippen LogP contribution < -0.4 is 0 Å². The topological polar surface area (TPSA) is 37.3 Å². The Kier molecular flexibility index (Phi) is 9.61. The van der Waals surface area contributed by atoms with E-state index in [-0.39, 0.29) is 23.2 Å². The smallest absolute Gasteiger partial charge is 0.192 e. The van der Waals surface area contributed by atoms with Crippen molar-refractivity contribution in [2.24, 2.45) is 0 Å². The first-order chi connectivity index (χ1) is 2.77. The molecule has 0 rings (SSSR count). The van der Waals surface area contributed by atoms with Gasteiger partial charge in [-0.2, -0.15) is 0 Å². The number of hydrogen-bond acceptors (Lipinski definition) is 1. The van der Waals surface area contributed by atoms with Crippen molar-refractivity contribution < 1.29 is 26.5 Å². The molecule has 0 amide bonds. The molecular weight excluding hydrogens is 155 g/mol. The summed E-state index contributed by atoms with van der Waals surface area (Å²) in [5, 5.41) is 0. The first-order valence-electron chi connectivity index (χ1n) is 1.60. The van der Waals surface area contributed by atoms with Crippen LogP contribution in [0, 0.1) is 0 Å². The van der Waals surface area contributed by atoms with Gasteiger partial charge in [0.05, 0.1) is 0 Å². The molecule has 7 heavy (non-hydrogen) atoms. The number of rotatable bonds is 2.